The van der Waals surface area contributed by atoms with Gasteiger partial charge < -0.3 is 16.2 Å². The van der Waals surface area contributed by atoms with Gasteiger partial charge in [-0.1, -0.05) is 75.8 Å². The summed E-state index contributed by atoms with van der Waals surface area (Å²) in [4.78, 5) is 12.1. The van der Waals surface area contributed by atoms with Crippen molar-refractivity contribution in [1.82, 2.24) is 9.78 Å². The summed E-state index contributed by atoms with van der Waals surface area (Å²) in [5, 5.41) is 4.42. The van der Waals surface area contributed by atoms with Crippen LogP contribution in [0.1, 0.15) is 62.2 Å². The minimum Gasteiger partial charge on any atom is -0.457 e. The van der Waals surface area contributed by atoms with E-state index >= 15 is 0 Å². The lowest BCUT2D eigenvalue weighted by Gasteiger charge is -2.11. The number of benzene rings is 2. The Balaban J connectivity index is 1.79. The highest BCUT2D eigenvalue weighted by Gasteiger charge is 2.22. The van der Waals surface area contributed by atoms with Crippen molar-refractivity contribution in [3.8, 4) is 22.8 Å². The number of amides is 1. The molecule has 0 atom stereocenters. The number of ether oxygens (including phenoxy) is 1. The van der Waals surface area contributed by atoms with Gasteiger partial charge in [-0.05, 0) is 30.7 Å². The van der Waals surface area contributed by atoms with Gasteiger partial charge in [0, 0.05) is 12.1 Å². The van der Waals surface area contributed by atoms with Crippen molar-refractivity contribution in [1.29, 1.82) is 0 Å². The van der Waals surface area contributed by atoms with E-state index < -0.39 is 5.91 Å². The SMILES string of the molecule is CCCCCCCCCn1nc(N)c(C(N)=O)c1-c1cccc(Oc2ccccc2)c1. The molecule has 3 aromatic rings. The van der Waals surface area contributed by atoms with E-state index in [4.69, 9.17) is 16.2 Å². The smallest absolute Gasteiger partial charge is 0.254 e. The second kappa shape index (κ2) is 11.2. The van der Waals surface area contributed by atoms with Gasteiger partial charge in [0.2, 0.25) is 0 Å². The zero-order valence-corrected chi connectivity index (χ0v) is 18.2. The predicted octanol–water partition coefficient (Wildman–Crippen LogP) is 5.77. The molecule has 4 N–H and O–H groups in total. The summed E-state index contributed by atoms with van der Waals surface area (Å²) in [5.74, 6) is 1.000. The normalized spacial score (nSPS) is 10.9. The summed E-state index contributed by atoms with van der Waals surface area (Å²) in [6, 6.07) is 17.1. The molecule has 0 aliphatic heterocycles. The van der Waals surface area contributed by atoms with Crippen LogP contribution in [0.3, 0.4) is 0 Å². The summed E-state index contributed by atoms with van der Waals surface area (Å²) in [5.41, 5.74) is 13.4. The Morgan fingerprint density at radius 1 is 0.935 bits per heavy atom. The van der Waals surface area contributed by atoms with Crippen LogP contribution in [0.5, 0.6) is 11.5 Å². The van der Waals surface area contributed by atoms with E-state index in [1.165, 1.54) is 32.1 Å². The van der Waals surface area contributed by atoms with Crippen LogP contribution >= 0.6 is 0 Å². The number of anilines is 1. The molecular weight excluding hydrogens is 388 g/mol. The number of nitrogens with zero attached hydrogens (tertiary/aromatic N) is 2. The summed E-state index contributed by atoms with van der Waals surface area (Å²) < 4.78 is 7.76. The summed E-state index contributed by atoms with van der Waals surface area (Å²) in [6.45, 7) is 2.91. The minimum absolute atomic E-state index is 0.167. The van der Waals surface area contributed by atoms with E-state index in [-0.39, 0.29) is 11.4 Å². The van der Waals surface area contributed by atoms with E-state index in [1.807, 2.05) is 59.3 Å². The third kappa shape index (κ3) is 6.10. The molecule has 0 bridgehead atoms. The third-order valence-electron chi connectivity index (χ3n) is 5.29. The molecule has 1 heterocycles. The largest absolute Gasteiger partial charge is 0.457 e. The highest BCUT2D eigenvalue weighted by molar-refractivity contribution is 6.03. The Hall–Kier alpha value is -3.28. The lowest BCUT2D eigenvalue weighted by atomic mass is 10.1. The average molecular weight is 421 g/mol. The summed E-state index contributed by atoms with van der Waals surface area (Å²) in [7, 11) is 0. The van der Waals surface area contributed by atoms with Gasteiger partial charge in [-0.25, -0.2) is 0 Å². The highest BCUT2D eigenvalue weighted by atomic mass is 16.5. The molecule has 0 aliphatic carbocycles. The van der Waals surface area contributed by atoms with E-state index in [9.17, 15) is 4.79 Å². The van der Waals surface area contributed by atoms with Gasteiger partial charge in [0.15, 0.2) is 5.82 Å². The topological polar surface area (TPSA) is 96.2 Å². The number of carbonyl (C=O) groups is 1. The molecule has 0 spiro atoms. The van der Waals surface area contributed by atoms with Crippen molar-refractivity contribution in [2.24, 2.45) is 5.73 Å². The first-order chi connectivity index (χ1) is 15.1. The predicted molar refractivity (Wildman–Crippen MR) is 125 cm³/mol. The van der Waals surface area contributed by atoms with Crippen LogP contribution in [-0.4, -0.2) is 15.7 Å². The Labute approximate surface area is 184 Å². The van der Waals surface area contributed by atoms with Gasteiger partial charge >= 0.3 is 0 Å². The number of carbonyl (C=O) groups excluding carboxylic acids is 1. The number of aromatic nitrogens is 2. The van der Waals surface area contributed by atoms with Gasteiger partial charge in [-0.3, -0.25) is 9.48 Å². The Morgan fingerprint density at radius 3 is 2.32 bits per heavy atom. The zero-order valence-electron chi connectivity index (χ0n) is 18.2. The molecule has 0 saturated carbocycles. The number of hydrogen-bond acceptors (Lipinski definition) is 4. The standard InChI is InChI=1S/C25H32N4O2/c1-2-3-4-5-6-7-11-17-29-23(22(25(27)30)24(26)28-29)19-13-12-16-21(18-19)31-20-14-9-8-10-15-20/h8-10,12-16,18H,2-7,11,17H2,1H3,(H2,26,28)(H2,27,30). The van der Waals surface area contributed by atoms with E-state index in [0.29, 0.717) is 18.0 Å². The fourth-order valence-electron chi connectivity index (χ4n) is 3.73. The van der Waals surface area contributed by atoms with Crippen molar-refractivity contribution >= 4 is 11.7 Å². The van der Waals surface area contributed by atoms with Crippen molar-refractivity contribution in [2.45, 2.75) is 58.4 Å². The van der Waals surface area contributed by atoms with Crippen molar-refractivity contribution in [3.05, 3.63) is 60.2 Å². The number of para-hydroxylation sites is 1. The van der Waals surface area contributed by atoms with Crippen LogP contribution in [-0.2, 0) is 6.54 Å². The van der Waals surface area contributed by atoms with Crippen LogP contribution in [0.15, 0.2) is 54.6 Å². The number of rotatable bonds is 12. The molecular formula is C25H32N4O2. The molecule has 1 amide bonds. The fraction of sp³-hybridized carbons (Fsp3) is 0.360. The van der Waals surface area contributed by atoms with E-state index in [1.54, 1.807) is 0 Å². The average Bonchev–Trinajstić information content (AvgIpc) is 3.10. The van der Waals surface area contributed by atoms with Gasteiger partial charge in [-0.15, -0.1) is 0 Å². The third-order valence-corrected chi connectivity index (χ3v) is 5.29. The maximum absolute atomic E-state index is 12.1. The van der Waals surface area contributed by atoms with Crippen LogP contribution in [0.25, 0.3) is 11.3 Å². The second-order valence-corrected chi connectivity index (χ2v) is 7.76. The molecule has 0 aliphatic rings. The van der Waals surface area contributed by atoms with Crippen LogP contribution in [0.4, 0.5) is 5.82 Å². The van der Waals surface area contributed by atoms with E-state index in [0.717, 1.165) is 24.2 Å². The number of nitrogen functional groups attached to an aromatic ring is 1. The van der Waals surface area contributed by atoms with Crippen molar-refractivity contribution in [2.75, 3.05) is 5.73 Å². The highest BCUT2D eigenvalue weighted by Crippen LogP contribution is 2.32. The first kappa shape index (κ1) is 22.4. The monoisotopic (exact) mass is 420 g/mol. The summed E-state index contributed by atoms with van der Waals surface area (Å²) >= 11 is 0. The molecule has 2 aromatic carbocycles. The molecule has 3 rings (SSSR count). The number of primary amides is 1. The van der Waals surface area contributed by atoms with Gasteiger partial charge in [-0.2, -0.15) is 5.10 Å². The zero-order chi connectivity index (χ0) is 22.1. The summed E-state index contributed by atoms with van der Waals surface area (Å²) in [6.07, 6.45) is 8.38. The number of nitrogens with two attached hydrogens (primary N) is 2. The van der Waals surface area contributed by atoms with Gasteiger partial charge in [0.25, 0.3) is 5.91 Å². The number of unbranched alkanes of at least 4 members (excludes halogenated alkanes) is 6. The van der Waals surface area contributed by atoms with E-state index in [2.05, 4.69) is 12.0 Å². The molecule has 0 radical (unpaired) electrons. The molecule has 0 unspecified atom stereocenters. The minimum atomic E-state index is -0.576. The Kier molecular flexibility index (Phi) is 8.10. The van der Waals surface area contributed by atoms with Gasteiger partial charge in [0.1, 0.15) is 17.1 Å². The lowest BCUT2D eigenvalue weighted by Crippen LogP contribution is -2.14. The first-order valence-corrected chi connectivity index (χ1v) is 11.1. The molecule has 6 nitrogen and oxygen atoms in total. The number of hydrogen-bond donors (Lipinski definition) is 2. The quantitative estimate of drug-likeness (QED) is 0.363. The maximum Gasteiger partial charge on any atom is 0.254 e. The first-order valence-electron chi connectivity index (χ1n) is 11.1. The van der Waals surface area contributed by atoms with Gasteiger partial charge in [0.05, 0.1) is 5.69 Å². The van der Waals surface area contributed by atoms with Crippen LogP contribution < -0.4 is 16.2 Å². The second-order valence-electron chi connectivity index (χ2n) is 7.76. The van der Waals surface area contributed by atoms with Crippen LogP contribution in [0.2, 0.25) is 0 Å². The number of aryl methyl sites for hydroxylation is 1. The molecule has 0 saturated heterocycles. The Morgan fingerprint density at radius 2 is 1.61 bits per heavy atom. The molecule has 0 fully saturated rings. The van der Waals surface area contributed by atoms with Crippen LogP contribution in [0, 0.1) is 0 Å². The Bertz CT molecular complexity index is 982. The lowest BCUT2D eigenvalue weighted by molar-refractivity contribution is 0.100. The van der Waals surface area contributed by atoms with Crippen molar-refractivity contribution in [3.63, 3.8) is 0 Å². The molecule has 164 valence electrons. The maximum atomic E-state index is 12.1. The van der Waals surface area contributed by atoms with Crippen molar-refractivity contribution < 1.29 is 9.53 Å². The molecule has 6 heteroatoms. The molecule has 1 aromatic heterocycles. The fourth-order valence-corrected chi connectivity index (χ4v) is 3.73. The molecule has 31 heavy (non-hydrogen) atoms.